The molecule has 0 heterocycles. The maximum Gasteiger partial charge on any atom is 0.225 e. The molecule has 2 amide bonds. The normalized spacial score (nSPS) is 41.4. The van der Waals surface area contributed by atoms with Crippen LogP contribution in [-0.4, -0.2) is 23.9 Å². The second-order valence-corrected chi connectivity index (χ2v) is 6.90. The van der Waals surface area contributed by atoms with E-state index in [9.17, 15) is 9.59 Å². The Morgan fingerprint density at radius 1 is 0.952 bits per heavy atom. The van der Waals surface area contributed by atoms with Gasteiger partial charge in [0.15, 0.2) is 0 Å². The van der Waals surface area contributed by atoms with Crippen LogP contribution in [0.5, 0.6) is 0 Å². The van der Waals surface area contributed by atoms with Crippen molar-refractivity contribution in [2.75, 3.05) is 0 Å². The second kappa shape index (κ2) is 6.53. The third kappa shape index (κ3) is 3.19. The molecule has 5 N–H and O–H groups in total. The van der Waals surface area contributed by atoms with Gasteiger partial charge in [0.1, 0.15) is 0 Å². The van der Waals surface area contributed by atoms with Crippen molar-refractivity contribution in [3.8, 4) is 0 Å². The van der Waals surface area contributed by atoms with Gasteiger partial charge in [-0.15, -0.1) is 12.4 Å². The molecule has 6 heteroatoms. The highest BCUT2D eigenvalue weighted by Crippen LogP contribution is 2.47. The van der Waals surface area contributed by atoms with Crippen molar-refractivity contribution in [3.63, 3.8) is 0 Å². The van der Waals surface area contributed by atoms with Gasteiger partial charge in [-0.2, -0.15) is 0 Å². The van der Waals surface area contributed by atoms with Crippen LogP contribution in [0.2, 0.25) is 0 Å². The molecular formula is C15H26ClN3O2. The summed E-state index contributed by atoms with van der Waals surface area (Å²) in [6.45, 7) is 0. The number of primary amides is 1. The van der Waals surface area contributed by atoms with Crippen LogP contribution in [0.4, 0.5) is 0 Å². The molecule has 0 spiro atoms. The van der Waals surface area contributed by atoms with E-state index in [1.54, 1.807) is 0 Å². The predicted octanol–water partition coefficient (Wildman–Crippen LogP) is 0.942. The summed E-state index contributed by atoms with van der Waals surface area (Å²) in [7, 11) is 0. The van der Waals surface area contributed by atoms with Crippen LogP contribution < -0.4 is 16.8 Å². The average Bonchev–Trinajstić information content (AvgIpc) is 2.99. The predicted molar refractivity (Wildman–Crippen MR) is 82.6 cm³/mol. The molecule has 0 aliphatic heterocycles. The topological polar surface area (TPSA) is 98.2 Å². The van der Waals surface area contributed by atoms with Gasteiger partial charge in [0, 0.05) is 18.0 Å². The molecule has 3 aliphatic carbocycles. The zero-order valence-electron chi connectivity index (χ0n) is 12.3. The molecule has 21 heavy (non-hydrogen) atoms. The number of hydrogen-bond acceptors (Lipinski definition) is 3. The molecule has 3 aliphatic rings. The van der Waals surface area contributed by atoms with Crippen LogP contribution in [0.1, 0.15) is 44.9 Å². The Morgan fingerprint density at radius 2 is 1.57 bits per heavy atom. The maximum absolute atomic E-state index is 12.4. The van der Waals surface area contributed by atoms with Crippen molar-refractivity contribution in [1.29, 1.82) is 0 Å². The number of hydrogen-bond donors (Lipinski definition) is 3. The molecule has 3 saturated carbocycles. The van der Waals surface area contributed by atoms with E-state index in [0.29, 0.717) is 11.8 Å². The van der Waals surface area contributed by atoms with E-state index >= 15 is 0 Å². The van der Waals surface area contributed by atoms with Crippen LogP contribution in [0.15, 0.2) is 0 Å². The molecule has 2 bridgehead atoms. The zero-order valence-corrected chi connectivity index (χ0v) is 13.1. The van der Waals surface area contributed by atoms with Crippen LogP contribution in [-0.2, 0) is 9.59 Å². The number of carbonyl (C=O) groups excluding carboxylic acids is 2. The summed E-state index contributed by atoms with van der Waals surface area (Å²) in [4.78, 5) is 23.6. The van der Waals surface area contributed by atoms with Crippen molar-refractivity contribution in [2.24, 2.45) is 35.1 Å². The van der Waals surface area contributed by atoms with Crippen LogP contribution >= 0.6 is 12.4 Å². The standard InChI is InChI=1S/C15H25N3O2.ClH/c16-13-10-2-1-9(7-10)12(13)15(20)18-11-5-3-8(4-6-11)14(17)19;/h8-13H,1-7,16H2,(H2,17,19)(H,18,20);1H. The molecule has 0 aromatic carbocycles. The summed E-state index contributed by atoms with van der Waals surface area (Å²) in [6.07, 6.45) is 6.79. The number of fused-ring (bicyclic) bond motifs is 2. The molecule has 0 aromatic rings. The summed E-state index contributed by atoms with van der Waals surface area (Å²) in [6, 6.07) is 0.250. The molecule has 4 unspecified atom stereocenters. The average molecular weight is 316 g/mol. The van der Waals surface area contributed by atoms with Crippen LogP contribution in [0.25, 0.3) is 0 Å². The molecular weight excluding hydrogens is 290 g/mol. The SMILES string of the molecule is Cl.NC(=O)C1CCC(NC(=O)C2C3CCC(C3)C2N)CC1. The third-order valence-electron chi connectivity index (χ3n) is 5.76. The Balaban J connectivity index is 0.00000161. The highest BCUT2D eigenvalue weighted by molar-refractivity contribution is 5.85. The summed E-state index contributed by atoms with van der Waals surface area (Å²) in [5, 5.41) is 3.16. The molecule has 0 aromatic heterocycles. The lowest BCUT2D eigenvalue weighted by molar-refractivity contribution is -0.128. The monoisotopic (exact) mass is 315 g/mol. The first-order valence-corrected chi connectivity index (χ1v) is 7.91. The largest absolute Gasteiger partial charge is 0.369 e. The number of carbonyl (C=O) groups is 2. The first-order chi connectivity index (χ1) is 9.56. The minimum Gasteiger partial charge on any atom is -0.369 e. The van der Waals surface area contributed by atoms with Gasteiger partial charge >= 0.3 is 0 Å². The van der Waals surface area contributed by atoms with Gasteiger partial charge in [0.25, 0.3) is 0 Å². The van der Waals surface area contributed by atoms with Crippen molar-refractivity contribution >= 4 is 24.2 Å². The van der Waals surface area contributed by atoms with E-state index in [2.05, 4.69) is 5.32 Å². The van der Waals surface area contributed by atoms with Gasteiger partial charge in [-0.1, -0.05) is 0 Å². The second-order valence-electron chi connectivity index (χ2n) is 6.90. The Hall–Kier alpha value is -0.810. The lowest BCUT2D eigenvalue weighted by Crippen LogP contribution is -2.49. The van der Waals surface area contributed by atoms with Gasteiger partial charge in [-0.3, -0.25) is 9.59 Å². The summed E-state index contributed by atoms with van der Waals surface area (Å²) in [5.74, 6) is 1.01. The quantitative estimate of drug-likeness (QED) is 0.723. The van der Waals surface area contributed by atoms with E-state index in [1.165, 1.54) is 6.42 Å². The third-order valence-corrected chi connectivity index (χ3v) is 5.76. The zero-order chi connectivity index (χ0) is 14.3. The summed E-state index contributed by atoms with van der Waals surface area (Å²) >= 11 is 0. The molecule has 5 nitrogen and oxygen atoms in total. The molecule has 0 saturated heterocycles. The van der Waals surface area contributed by atoms with E-state index in [4.69, 9.17) is 11.5 Å². The van der Waals surface area contributed by atoms with E-state index in [-0.39, 0.29) is 48.1 Å². The Morgan fingerprint density at radius 3 is 2.10 bits per heavy atom. The minimum atomic E-state index is -0.204. The number of nitrogens with two attached hydrogens (primary N) is 2. The van der Waals surface area contributed by atoms with Gasteiger partial charge in [0.2, 0.25) is 11.8 Å². The Labute approximate surface area is 132 Å². The highest BCUT2D eigenvalue weighted by atomic mass is 35.5. The van der Waals surface area contributed by atoms with Gasteiger partial charge in [0.05, 0.1) is 5.92 Å². The summed E-state index contributed by atoms with van der Waals surface area (Å²) in [5.41, 5.74) is 11.5. The van der Waals surface area contributed by atoms with Crippen molar-refractivity contribution in [3.05, 3.63) is 0 Å². The highest BCUT2D eigenvalue weighted by Gasteiger charge is 2.49. The smallest absolute Gasteiger partial charge is 0.225 e. The molecule has 4 atom stereocenters. The van der Waals surface area contributed by atoms with Crippen molar-refractivity contribution in [1.82, 2.24) is 5.32 Å². The molecule has 0 radical (unpaired) electrons. The number of halogens is 1. The lowest BCUT2D eigenvalue weighted by atomic mass is 9.82. The number of nitrogens with one attached hydrogen (secondary N) is 1. The first kappa shape index (κ1) is 16.6. The first-order valence-electron chi connectivity index (χ1n) is 7.91. The van der Waals surface area contributed by atoms with E-state index < -0.39 is 0 Å². The number of rotatable bonds is 3. The molecule has 3 rings (SSSR count). The molecule has 3 fully saturated rings. The minimum absolute atomic E-state index is 0. The van der Waals surface area contributed by atoms with Crippen LogP contribution in [0, 0.1) is 23.7 Å². The van der Waals surface area contributed by atoms with Crippen LogP contribution in [0.3, 0.4) is 0 Å². The fourth-order valence-corrected chi connectivity index (χ4v) is 4.54. The fourth-order valence-electron chi connectivity index (χ4n) is 4.54. The van der Waals surface area contributed by atoms with E-state index in [1.807, 2.05) is 0 Å². The fraction of sp³-hybridized carbons (Fsp3) is 0.867. The van der Waals surface area contributed by atoms with Gasteiger partial charge < -0.3 is 16.8 Å². The van der Waals surface area contributed by atoms with Gasteiger partial charge in [-0.25, -0.2) is 0 Å². The van der Waals surface area contributed by atoms with Crippen molar-refractivity contribution in [2.45, 2.75) is 57.0 Å². The van der Waals surface area contributed by atoms with Crippen molar-refractivity contribution < 1.29 is 9.59 Å². The maximum atomic E-state index is 12.4. The lowest BCUT2D eigenvalue weighted by Gasteiger charge is -2.31. The Bertz CT molecular complexity index is 408. The number of amides is 2. The Kier molecular flexibility index (Phi) is 5.15. The van der Waals surface area contributed by atoms with Gasteiger partial charge in [-0.05, 0) is 56.8 Å². The molecule has 120 valence electrons. The van der Waals surface area contributed by atoms with E-state index in [0.717, 1.165) is 38.5 Å². The summed E-state index contributed by atoms with van der Waals surface area (Å²) < 4.78 is 0.